The summed E-state index contributed by atoms with van der Waals surface area (Å²) >= 11 is 0. The van der Waals surface area contributed by atoms with Gasteiger partial charge in [0.15, 0.2) is 11.6 Å². The number of sulfonamides is 1. The lowest BCUT2D eigenvalue weighted by Crippen LogP contribution is -2.17. The Morgan fingerprint density at radius 1 is 0.824 bits per heavy atom. The molecular formula is C25H26N4O4S. The van der Waals surface area contributed by atoms with Crippen LogP contribution in [0.4, 0.5) is 11.6 Å². The highest BCUT2D eigenvalue weighted by Crippen LogP contribution is 2.25. The monoisotopic (exact) mass is 478 g/mol. The second kappa shape index (κ2) is 10.4. The maximum atomic E-state index is 13.1. The highest BCUT2D eigenvalue weighted by molar-refractivity contribution is 7.92. The van der Waals surface area contributed by atoms with Crippen LogP contribution in [0.15, 0.2) is 77.7 Å². The van der Waals surface area contributed by atoms with Gasteiger partial charge in [-0.05, 0) is 67.4 Å². The Hall–Kier alpha value is -3.85. The second-order valence-electron chi connectivity index (χ2n) is 7.44. The van der Waals surface area contributed by atoms with Crippen molar-refractivity contribution in [2.45, 2.75) is 18.2 Å². The zero-order chi connectivity index (χ0) is 24.0. The third-order valence-corrected chi connectivity index (χ3v) is 6.47. The summed E-state index contributed by atoms with van der Waals surface area (Å²) in [6, 6.07) is 21.3. The van der Waals surface area contributed by atoms with Crippen LogP contribution in [0, 0.1) is 0 Å². The number of nitrogens with zero attached hydrogens (tertiary/aromatic N) is 2. The number of rotatable bonds is 10. The summed E-state index contributed by atoms with van der Waals surface area (Å²) in [5, 5.41) is 3.23. The molecule has 3 aromatic carbocycles. The van der Waals surface area contributed by atoms with Crippen LogP contribution in [0.2, 0.25) is 0 Å². The molecule has 4 rings (SSSR count). The molecular weight excluding hydrogens is 452 g/mol. The van der Waals surface area contributed by atoms with Crippen LogP contribution in [0.1, 0.15) is 12.5 Å². The Bertz CT molecular complexity index is 1360. The average molecular weight is 479 g/mol. The second-order valence-corrected chi connectivity index (χ2v) is 9.13. The minimum Gasteiger partial charge on any atom is -0.497 e. The van der Waals surface area contributed by atoms with E-state index in [-0.39, 0.29) is 10.7 Å². The van der Waals surface area contributed by atoms with Gasteiger partial charge in [0.05, 0.1) is 29.6 Å². The van der Waals surface area contributed by atoms with Crippen molar-refractivity contribution in [2.75, 3.05) is 30.3 Å². The number of nitrogens with one attached hydrogen (secondary N) is 2. The maximum absolute atomic E-state index is 13.1. The standard InChI is InChI=1S/C25H26N4O4S/c1-3-33-20-12-14-21(15-13-20)34(30,31)29-25-24(27-22-6-4-5-7-23(22)28-25)26-17-16-18-8-10-19(32-2)11-9-18/h4-15H,3,16-17H2,1-2H3,(H,26,27)(H,28,29). The van der Waals surface area contributed by atoms with Gasteiger partial charge < -0.3 is 14.8 Å². The molecule has 0 fully saturated rings. The minimum absolute atomic E-state index is 0.107. The van der Waals surface area contributed by atoms with Crippen molar-refractivity contribution in [3.8, 4) is 11.5 Å². The third-order valence-electron chi connectivity index (χ3n) is 5.11. The van der Waals surface area contributed by atoms with Crippen molar-refractivity contribution in [2.24, 2.45) is 0 Å². The number of hydrogen-bond acceptors (Lipinski definition) is 7. The van der Waals surface area contributed by atoms with Crippen LogP contribution in [0.25, 0.3) is 11.0 Å². The Balaban J connectivity index is 1.56. The van der Waals surface area contributed by atoms with Crippen LogP contribution in [-0.4, -0.2) is 38.6 Å². The van der Waals surface area contributed by atoms with E-state index in [1.54, 1.807) is 25.3 Å². The van der Waals surface area contributed by atoms with Crippen LogP contribution in [0.5, 0.6) is 11.5 Å². The van der Waals surface area contributed by atoms with E-state index in [0.717, 1.165) is 11.3 Å². The zero-order valence-corrected chi connectivity index (χ0v) is 19.8. The number of ether oxygens (including phenoxy) is 2. The average Bonchev–Trinajstić information content (AvgIpc) is 2.85. The van der Waals surface area contributed by atoms with E-state index >= 15 is 0 Å². The first-order chi connectivity index (χ1) is 16.5. The molecule has 0 atom stereocenters. The lowest BCUT2D eigenvalue weighted by molar-refractivity contribution is 0.340. The van der Waals surface area contributed by atoms with Crippen LogP contribution in [-0.2, 0) is 16.4 Å². The minimum atomic E-state index is -3.88. The van der Waals surface area contributed by atoms with Crippen LogP contribution in [0.3, 0.4) is 0 Å². The number of fused-ring (bicyclic) bond motifs is 1. The van der Waals surface area contributed by atoms with Crippen molar-refractivity contribution >= 4 is 32.7 Å². The smallest absolute Gasteiger partial charge is 0.263 e. The number of hydrogen-bond donors (Lipinski definition) is 2. The fraction of sp³-hybridized carbons (Fsp3) is 0.200. The van der Waals surface area contributed by atoms with Crippen molar-refractivity contribution in [3.05, 3.63) is 78.4 Å². The number of para-hydroxylation sites is 2. The summed E-state index contributed by atoms with van der Waals surface area (Å²) in [7, 11) is -2.25. The Morgan fingerprint density at radius 3 is 2.06 bits per heavy atom. The van der Waals surface area contributed by atoms with Crippen LogP contribution < -0.4 is 19.5 Å². The summed E-state index contributed by atoms with van der Waals surface area (Å²) in [4.78, 5) is 9.24. The van der Waals surface area contributed by atoms with E-state index < -0.39 is 10.0 Å². The van der Waals surface area contributed by atoms with Gasteiger partial charge >= 0.3 is 0 Å². The van der Waals surface area contributed by atoms with Crippen molar-refractivity contribution in [3.63, 3.8) is 0 Å². The first-order valence-electron chi connectivity index (χ1n) is 10.9. The molecule has 34 heavy (non-hydrogen) atoms. The Kier molecular flexibility index (Phi) is 7.12. The molecule has 2 N–H and O–H groups in total. The lowest BCUT2D eigenvalue weighted by Gasteiger charge is -2.14. The fourth-order valence-electron chi connectivity index (χ4n) is 3.38. The quantitative estimate of drug-likeness (QED) is 0.346. The molecule has 0 bridgehead atoms. The van der Waals surface area contributed by atoms with E-state index in [1.807, 2.05) is 49.4 Å². The molecule has 0 radical (unpaired) electrons. The largest absolute Gasteiger partial charge is 0.497 e. The summed E-state index contributed by atoms with van der Waals surface area (Å²) in [6.07, 6.45) is 0.712. The SMILES string of the molecule is CCOc1ccc(S(=O)(=O)Nc2nc3ccccc3nc2NCCc2ccc(OC)cc2)cc1. The molecule has 0 aliphatic carbocycles. The van der Waals surface area contributed by atoms with E-state index in [2.05, 4.69) is 20.0 Å². The van der Waals surface area contributed by atoms with Gasteiger partial charge in [-0.15, -0.1) is 0 Å². The normalized spacial score (nSPS) is 11.2. The van der Waals surface area contributed by atoms with Gasteiger partial charge in [-0.3, -0.25) is 4.72 Å². The van der Waals surface area contributed by atoms with Gasteiger partial charge in [-0.1, -0.05) is 24.3 Å². The van der Waals surface area contributed by atoms with E-state index in [0.29, 0.717) is 42.2 Å². The highest BCUT2D eigenvalue weighted by Gasteiger charge is 2.19. The fourth-order valence-corrected chi connectivity index (χ4v) is 4.39. The van der Waals surface area contributed by atoms with Gasteiger partial charge in [0.1, 0.15) is 11.5 Å². The third kappa shape index (κ3) is 5.55. The summed E-state index contributed by atoms with van der Waals surface area (Å²) < 4.78 is 39.3. The molecule has 0 saturated heterocycles. The van der Waals surface area contributed by atoms with Crippen LogP contribution >= 0.6 is 0 Å². The first-order valence-corrected chi connectivity index (χ1v) is 12.4. The highest BCUT2D eigenvalue weighted by atomic mass is 32.2. The number of anilines is 2. The van der Waals surface area contributed by atoms with Crippen molar-refractivity contribution in [1.82, 2.24) is 9.97 Å². The molecule has 8 nitrogen and oxygen atoms in total. The molecule has 1 heterocycles. The summed E-state index contributed by atoms with van der Waals surface area (Å²) in [5.74, 6) is 1.90. The molecule has 1 aromatic heterocycles. The number of benzene rings is 3. The maximum Gasteiger partial charge on any atom is 0.263 e. The molecule has 0 amide bonds. The van der Waals surface area contributed by atoms with Gasteiger partial charge in [0.25, 0.3) is 10.0 Å². The van der Waals surface area contributed by atoms with Gasteiger partial charge in [0.2, 0.25) is 0 Å². The number of methoxy groups -OCH3 is 1. The topological polar surface area (TPSA) is 102 Å². The van der Waals surface area contributed by atoms with Gasteiger partial charge in [-0.2, -0.15) is 0 Å². The number of aromatic nitrogens is 2. The van der Waals surface area contributed by atoms with Crippen molar-refractivity contribution in [1.29, 1.82) is 0 Å². The molecule has 0 saturated carbocycles. The van der Waals surface area contributed by atoms with Gasteiger partial charge in [0, 0.05) is 6.54 Å². The molecule has 0 aliphatic heterocycles. The predicted molar refractivity (Wildman–Crippen MR) is 133 cm³/mol. The molecule has 4 aromatic rings. The predicted octanol–water partition coefficient (Wildman–Crippen LogP) is 4.49. The van der Waals surface area contributed by atoms with E-state index in [4.69, 9.17) is 9.47 Å². The first kappa shape index (κ1) is 23.3. The summed E-state index contributed by atoms with van der Waals surface area (Å²) in [6.45, 7) is 2.91. The van der Waals surface area contributed by atoms with Gasteiger partial charge in [-0.25, -0.2) is 18.4 Å². The molecule has 0 aliphatic rings. The summed E-state index contributed by atoms with van der Waals surface area (Å²) in [5.41, 5.74) is 2.37. The zero-order valence-electron chi connectivity index (χ0n) is 19.0. The molecule has 0 unspecified atom stereocenters. The Morgan fingerprint density at radius 2 is 1.44 bits per heavy atom. The molecule has 176 valence electrons. The lowest BCUT2D eigenvalue weighted by atomic mass is 10.1. The van der Waals surface area contributed by atoms with E-state index in [1.165, 1.54) is 12.1 Å². The molecule has 9 heteroatoms. The molecule has 0 spiro atoms. The van der Waals surface area contributed by atoms with E-state index in [9.17, 15) is 8.42 Å². The Labute approximate surface area is 199 Å². The van der Waals surface area contributed by atoms with Crippen molar-refractivity contribution < 1.29 is 17.9 Å².